The summed E-state index contributed by atoms with van der Waals surface area (Å²) in [6.45, 7) is 11.1. The number of carbonyl (C=O) groups excluding carboxylic acids is 2. The van der Waals surface area contributed by atoms with E-state index >= 15 is 0 Å². The van der Waals surface area contributed by atoms with Crippen LogP contribution in [0.15, 0.2) is 52.8 Å². The fraction of sp³-hybridized carbons (Fsp3) is 0.414. The standard InChI is InChI=1S/C29H37N3O11S2/c1-19-12-10-14-21(24(19)43-45(37,38)23-18-44(35,36)22-15-9-8-13-20(22)23)39-16-11-17-40-32(27(34)42-29(5,6)7)25(30)31-26(33)41-28(2,3)4/h8-10,12-15,18H,11,16-17H2,1-7H3,(H2,30,31,33). The summed E-state index contributed by atoms with van der Waals surface area (Å²) in [4.78, 5) is 29.6. The number of guanidine groups is 1. The molecule has 0 unspecified atom stereocenters. The number of benzene rings is 2. The van der Waals surface area contributed by atoms with Gasteiger partial charge in [0, 0.05) is 12.0 Å². The number of rotatable bonds is 9. The Balaban J connectivity index is 1.68. The molecule has 0 aliphatic carbocycles. The number of ether oxygens (including phenoxy) is 3. The van der Waals surface area contributed by atoms with Crippen molar-refractivity contribution < 1.29 is 49.7 Å². The van der Waals surface area contributed by atoms with Crippen molar-refractivity contribution in [1.29, 1.82) is 5.41 Å². The molecule has 0 saturated heterocycles. The molecule has 0 atom stereocenters. The number of amides is 2. The third-order valence-electron chi connectivity index (χ3n) is 5.51. The molecule has 0 saturated carbocycles. The first-order valence-electron chi connectivity index (χ1n) is 13.7. The van der Waals surface area contributed by atoms with E-state index in [0.29, 0.717) is 16.0 Å². The van der Waals surface area contributed by atoms with Gasteiger partial charge in [0.15, 0.2) is 11.5 Å². The summed E-state index contributed by atoms with van der Waals surface area (Å²) in [6, 6.07) is 10.4. The van der Waals surface area contributed by atoms with Gasteiger partial charge in [-0.3, -0.25) is 15.6 Å². The lowest BCUT2D eigenvalue weighted by Gasteiger charge is -2.27. The van der Waals surface area contributed by atoms with Gasteiger partial charge in [-0.25, -0.2) is 18.0 Å². The van der Waals surface area contributed by atoms with E-state index in [-0.39, 0.29) is 41.6 Å². The summed E-state index contributed by atoms with van der Waals surface area (Å²) in [7, 11) is -8.56. The molecule has 0 bridgehead atoms. The van der Waals surface area contributed by atoms with E-state index in [2.05, 4.69) is 5.32 Å². The number of hydrogen-bond acceptors (Lipinski definition) is 12. The first kappa shape index (κ1) is 35.3. The van der Waals surface area contributed by atoms with E-state index in [9.17, 15) is 26.4 Å². The first-order valence-corrected chi connectivity index (χ1v) is 16.6. The summed E-state index contributed by atoms with van der Waals surface area (Å²) in [5.74, 6) is -0.833. The largest absolute Gasteiger partial charge is 0.490 e. The molecule has 16 heteroatoms. The molecule has 0 spiro atoms. The Bertz CT molecular complexity index is 1710. The van der Waals surface area contributed by atoms with Gasteiger partial charge in [-0.05, 0) is 66.2 Å². The quantitative estimate of drug-likeness (QED) is 0.122. The number of aryl methyl sites for hydroxylation is 1. The molecular weight excluding hydrogens is 630 g/mol. The SMILES string of the molecule is Cc1cccc(OCCCON(C(=N)NC(=O)OC(C)(C)C)C(=O)OC(C)(C)C)c1OS(=O)(=O)C1=CS(=O)(=O)c2ccccc21. The monoisotopic (exact) mass is 667 g/mol. The van der Waals surface area contributed by atoms with Crippen LogP contribution in [0.4, 0.5) is 9.59 Å². The van der Waals surface area contributed by atoms with E-state index in [4.69, 9.17) is 28.6 Å². The van der Waals surface area contributed by atoms with Gasteiger partial charge in [0.1, 0.15) is 16.1 Å². The van der Waals surface area contributed by atoms with Gasteiger partial charge >= 0.3 is 22.3 Å². The highest BCUT2D eigenvalue weighted by Crippen LogP contribution is 2.40. The van der Waals surface area contributed by atoms with Gasteiger partial charge < -0.3 is 18.4 Å². The van der Waals surface area contributed by atoms with Crippen molar-refractivity contribution in [3.8, 4) is 11.5 Å². The molecular formula is C29H37N3O11S2. The number of sulfone groups is 1. The van der Waals surface area contributed by atoms with E-state index < -0.39 is 54.2 Å². The number of para-hydroxylation sites is 1. The minimum atomic E-state index is -4.59. The predicted octanol–water partition coefficient (Wildman–Crippen LogP) is 4.89. The maximum atomic E-state index is 13.2. The molecule has 1 aliphatic rings. The number of nitrogens with zero attached hydrogens (tertiary/aromatic N) is 1. The highest BCUT2D eigenvalue weighted by atomic mass is 32.2. The predicted molar refractivity (Wildman–Crippen MR) is 164 cm³/mol. The van der Waals surface area contributed by atoms with E-state index in [0.717, 1.165) is 0 Å². The summed E-state index contributed by atoms with van der Waals surface area (Å²) < 4.78 is 73.0. The van der Waals surface area contributed by atoms with Crippen molar-refractivity contribution in [3.05, 3.63) is 59.0 Å². The number of hydroxylamine groups is 2. The van der Waals surface area contributed by atoms with Crippen LogP contribution in [0, 0.1) is 12.3 Å². The molecule has 2 aromatic carbocycles. The fourth-order valence-electron chi connectivity index (χ4n) is 3.74. The molecule has 0 aromatic heterocycles. The van der Waals surface area contributed by atoms with Gasteiger partial charge in [-0.2, -0.15) is 8.42 Å². The summed E-state index contributed by atoms with van der Waals surface area (Å²) in [5, 5.41) is 11.4. The Morgan fingerprint density at radius 2 is 1.58 bits per heavy atom. The van der Waals surface area contributed by atoms with Crippen LogP contribution >= 0.6 is 0 Å². The zero-order valence-corrected chi connectivity index (χ0v) is 27.6. The molecule has 2 amide bonds. The minimum absolute atomic E-state index is 0.00645. The number of carbonyl (C=O) groups is 2. The highest BCUT2D eigenvalue weighted by Gasteiger charge is 2.36. The zero-order chi connectivity index (χ0) is 33.8. The smallest absolute Gasteiger partial charge is 0.442 e. The average Bonchev–Trinajstić information content (AvgIpc) is 3.17. The molecule has 1 aliphatic heterocycles. The molecule has 3 rings (SSSR count). The van der Waals surface area contributed by atoms with Crippen molar-refractivity contribution in [2.24, 2.45) is 0 Å². The summed E-state index contributed by atoms with van der Waals surface area (Å²) in [5.41, 5.74) is -1.38. The molecule has 2 aromatic rings. The number of alkyl carbamates (subject to hydrolysis) is 1. The van der Waals surface area contributed by atoms with Crippen molar-refractivity contribution in [2.45, 2.75) is 71.0 Å². The normalized spacial score (nSPS) is 14.1. The van der Waals surface area contributed by atoms with Gasteiger partial charge in [0.05, 0.1) is 23.5 Å². The minimum Gasteiger partial charge on any atom is -0.490 e. The third kappa shape index (κ3) is 9.67. The van der Waals surface area contributed by atoms with Crippen LogP contribution in [0.25, 0.3) is 4.91 Å². The number of hydrogen-bond donors (Lipinski definition) is 2. The van der Waals surface area contributed by atoms with Crippen LogP contribution in [-0.4, -0.2) is 64.5 Å². The molecule has 2 N–H and O–H groups in total. The Kier molecular flexibility index (Phi) is 10.6. The van der Waals surface area contributed by atoms with Crippen LogP contribution in [0.5, 0.6) is 11.5 Å². The molecule has 45 heavy (non-hydrogen) atoms. The van der Waals surface area contributed by atoms with Gasteiger partial charge in [-0.1, -0.05) is 30.3 Å². The second-order valence-electron chi connectivity index (χ2n) is 11.7. The highest BCUT2D eigenvalue weighted by molar-refractivity contribution is 8.01. The molecule has 14 nitrogen and oxygen atoms in total. The fourth-order valence-corrected chi connectivity index (χ4v) is 6.91. The lowest BCUT2D eigenvalue weighted by Crippen LogP contribution is -2.49. The Morgan fingerprint density at radius 1 is 0.933 bits per heavy atom. The maximum Gasteiger partial charge on any atom is 0.442 e. The number of fused-ring (bicyclic) bond motifs is 1. The molecule has 246 valence electrons. The summed E-state index contributed by atoms with van der Waals surface area (Å²) >= 11 is 0. The van der Waals surface area contributed by atoms with Gasteiger partial charge in [0.2, 0.25) is 15.8 Å². The van der Waals surface area contributed by atoms with Crippen molar-refractivity contribution >= 4 is 43.0 Å². The van der Waals surface area contributed by atoms with Crippen molar-refractivity contribution in [2.75, 3.05) is 13.2 Å². The molecule has 0 radical (unpaired) electrons. The maximum absolute atomic E-state index is 13.2. The summed E-state index contributed by atoms with van der Waals surface area (Å²) in [6.07, 6.45) is -1.92. The van der Waals surface area contributed by atoms with E-state index in [1.165, 1.54) is 30.3 Å². The van der Waals surface area contributed by atoms with Crippen LogP contribution < -0.4 is 14.2 Å². The lowest BCUT2D eigenvalue weighted by molar-refractivity contribution is -0.104. The first-order chi connectivity index (χ1) is 20.7. The van der Waals surface area contributed by atoms with Gasteiger partial charge in [0.25, 0.3) is 0 Å². The van der Waals surface area contributed by atoms with Crippen LogP contribution in [0.2, 0.25) is 0 Å². The number of nitrogens with one attached hydrogen (secondary N) is 2. The second-order valence-corrected chi connectivity index (χ2v) is 15.0. The molecule has 1 heterocycles. The van der Waals surface area contributed by atoms with Gasteiger partial charge in [-0.15, -0.1) is 5.06 Å². The topological polar surface area (TPSA) is 188 Å². The average molecular weight is 668 g/mol. The van der Waals surface area contributed by atoms with E-state index in [1.807, 2.05) is 0 Å². The Labute approximate surface area is 262 Å². The van der Waals surface area contributed by atoms with Crippen LogP contribution in [-0.2, 0) is 34.3 Å². The van der Waals surface area contributed by atoms with E-state index in [1.54, 1.807) is 60.6 Å². The van der Waals surface area contributed by atoms with Crippen molar-refractivity contribution in [1.82, 2.24) is 10.4 Å². The Morgan fingerprint density at radius 3 is 2.22 bits per heavy atom. The molecule has 0 fully saturated rings. The zero-order valence-electron chi connectivity index (χ0n) is 26.0. The lowest BCUT2D eigenvalue weighted by atomic mass is 10.2. The third-order valence-corrected chi connectivity index (χ3v) is 8.43. The Hall–Kier alpha value is -4.15. The second kappa shape index (κ2) is 13.5. The van der Waals surface area contributed by atoms with Crippen molar-refractivity contribution in [3.63, 3.8) is 0 Å². The van der Waals surface area contributed by atoms with Crippen LogP contribution in [0.1, 0.15) is 59.1 Å². The van der Waals surface area contributed by atoms with Crippen LogP contribution in [0.3, 0.4) is 0 Å².